The molecule has 202 valence electrons. The first-order chi connectivity index (χ1) is 17.8. The Morgan fingerprint density at radius 3 is 2.24 bits per heavy atom. The lowest BCUT2D eigenvalue weighted by Gasteiger charge is -2.39. The Labute approximate surface area is 223 Å². The van der Waals surface area contributed by atoms with E-state index in [2.05, 4.69) is 47.5 Å². The summed E-state index contributed by atoms with van der Waals surface area (Å²) in [7, 11) is -3.23. The van der Waals surface area contributed by atoms with Gasteiger partial charge in [-0.1, -0.05) is 42.5 Å². The van der Waals surface area contributed by atoms with Crippen LogP contribution in [-0.2, 0) is 21.1 Å². The number of amides is 1. The molecule has 0 aliphatic carbocycles. The highest BCUT2D eigenvalue weighted by molar-refractivity contribution is 7.90. The van der Waals surface area contributed by atoms with Crippen LogP contribution in [0.25, 0.3) is 0 Å². The second-order valence-corrected chi connectivity index (χ2v) is 12.8. The average molecular weight is 526 g/mol. The first-order valence-electron chi connectivity index (χ1n) is 13.9. The fourth-order valence-corrected chi connectivity index (χ4v) is 6.80. The number of nitrogens with one attached hydrogen (secondary N) is 1. The third kappa shape index (κ3) is 7.65. The van der Waals surface area contributed by atoms with Gasteiger partial charge in [0.2, 0.25) is 5.91 Å². The third-order valence-corrected chi connectivity index (χ3v) is 9.43. The number of carbonyl (C=O) groups is 1. The number of likely N-dealkylation sites (tertiary alicyclic amines) is 1. The van der Waals surface area contributed by atoms with Gasteiger partial charge in [-0.25, -0.2) is 8.42 Å². The fourth-order valence-electron chi connectivity index (χ4n) is 6.17. The second kappa shape index (κ2) is 13.0. The van der Waals surface area contributed by atoms with E-state index >= 15 is 0 Å². The summed E-state index contributed by atoms with van der Waals surface area (Å²) in [4.78, 5) is 18.1. The largest absolute Gasteiger partial charge is 0.340 e. The maximum Gasteiger partial charge on any atom is 0.227 e. The molecule has 1 amide bonds. The highest BCUT2D eigenvalue weighted by Crippen LogP contribution is 2.34. The monoisotopic (exact) mass is 525 g/mol. The van der Waals surface area contributed by atoms with E-state index in [0.29, 0.717) is 18.9 Å². The van der Waals surface area contributed by atoms with E-state index in [-0.39, 0.29) is 16.8 Å². The summed E-state index contributed by atoms with van der Waals surface area (Å²) < 4.78 is 23.4. The molecular formula is C30H43N3O3S. The van der Waals surface area contributed by atoms with Crippen molar-refractivity contribution in [3.05, 3.63) is 65.7 Å². The summed E-state index contributed by atoms with van der Waals surface area (Å²) in [5.74, 6) is 1.49. The molecule has 6 nitrogen and oxygen atoms in total. The van der Waals surface area contributed by atoms with Crippen molar-refractivity contribution >= 4 is 15.7 Å². The van der Waals surface area contributed by atoms with Crippen LogP contribution < -0.4 is 5.32 Å². The SMILES string of the molecule is CCN(C(=O)Cc1ccc(S(C)(=O)=O)cc1)C1CCN(CC[C@@H](c2ccccc2)C2CCNCC2)CC1. The Hall–Kier alpha value is -2.22. The number of rotatable bonds is 10. The quantitative estimate of drug-likeness (QED) is 0.505. The minimum absolute atomic E-state index is 0.128. The van der Waals surface area contributed by atoms with Gasteiger partial charge >= 0.3 is 0 Å². The predicted molar refractivity (Wildman–Crippen MR) is 149 cm³/mol. The van der Waals surface area contributed by atoms with Crippen molar-refractivity contribution in [3.8, 4) is 0 Å². The Kier molecular flexibility index (Phi) is 9.79. The molecule has 2 aliphatic rings. The normalized spacial score (nSPS) is 19.0. The molecule has 0 bridgehead atoms. The molecule has 2 aliphatic heterocycles. The molecule has 0 unspecified atom stereocenters. The van der Waals surface area contributed by atoms with Crippen LogP contribution in [0, 0.1) is 5.92 Å². The zero-order chi connectivity index (χ0) is 26.3. The number of hydrogen-bond donors (Lipinski definition) is 1. The van der Waals surface area contributed by atoms with Crippen molar-refractivity contribution in [1.82, 2.24) is 15.1 Å². The van der Waals surface area contributed by atoms with Gasteiger partial charge in [0, 0.05) is 31.9 Å². The third-order valence-electron chi connectivity index (χ3n) is 8.30. The molecule has 37 heavy (non-hydrogen) atoms. The summed E-state index contributed by atoms with van der Waals surface area (Å²) in [6.07, 6.45) is 7.24. The van der Waals surface area contributed by atoms with E-state index in [1.807, 2.05) is 4.90 Å². The summed E-state index contributed by atoms with van der Waals surface area (Å²) in [5, 5.41) is 3.51. The number of carbonyl (C=O) groups excluding carboxylic acids is 1. The zero-order valence-electron chi connectivity index (χ0n) is 22.4. The summed E-state index contributed by atoms with van der Waals surface area (Å²) in [6, 6.07) is 18.1. The number of nitrogens with zero attached hydrogens (tertiary/aromatic N) is 2. The fraction of sp³-hybridized carbons (Fsp3) is 0.567. The number of likely N-dealkylation sites (N-methyl/N-ethyl adjacent to an activating group) is 1. The van der Waals surface area contributed by atoms with Crippen LogP contribution in [0.4, 0.5) is 0 Å². The zero-order valence-corrected chi connectivity index (χ0v) is 23.3. The number of benzene rings is 2. The van der Waals surface area contributed by atoms with Gasteiger partial charge in [0.05, 0.1) is 11.3 Å². The highest BCUT2D eigenvalue weighted by Gasteiger charge is 2.29. The molecule has 2 fully saturated rings. The molecule has 1 N–H and O–H groups in total. The first-order valence-corrected chi connectivity index (χ1v) is 15.8. The van der Waals surface area contributed by atoms with Crippen LogP contribution in [0.3, 0.4) is 0 Å². The van der Waals surface area contributed by atoms with Gasteiger partial charge in [-0.2, -0.15) is 0 Å². The maximum atomic E-state index is 13.1. The van der Waals surface area contributed by atoms with Gasteiger partial charge in [-0.05, 0) is 93.8 Å². The van der Waals surface area contributed by atoms with Crippen molar-refractivity contribution in [2.75, 3.05) is 45.5 Å². The number of hydrogen-bond acceptors (Lipinski definition) is 5. The molecule has 1 atom stereocenters. The topological polar surface area (TPSA) is 69.7 Å². The smallest absolute Gasteiger partial charge is 0.227 e. The van der Waals surface area contributed by atoms with Crippen LogP contribution >= 0.6 is 0 Å². The van der Waals surface area contributed by atoms with E-state index in [1.54, 1.807) is 24.3 Å². The minimum Gasteiger partial charge on any atom is -0.340 e. The Bertz CT molecular complexity index is 1090. The Morgan fingerprint density at radius 2 is 1.65 bits per heavy atom. The Morgan fingerprint density at radius 1 is 1.00 bits per heavy atom. The van der Waals surface area contributed by atoms with Crippen molar-refractivity contribution in [3.63, 3.8) is 0 Å². The molecule has 0 aromatic heterocycles. The van der Waals surface area contributed by atoms with Crippen molar-refractivity contribution in [1.29, 1.82) is 0 Å². The number of sulfone groups is 1. The lowest BCUT2D eigenvalue weighted by molar-refractivity contribution is -0.133. The van der Waals surface area contributed by atoms with E-state index < -0.39 is 9.84 Å². The first kappa shape index (κ1) is 27.8. The van der Waals surface area contributed by atoms with Crippen LogP contribution in [-0.4, -0.2) is 75.7 Å². The summed E-state index contributed by atoms with van der Waals surface area (Å²) >= 11 is 0. The molecule has 7 heteroatoms. The molecule has 2 aromatic carbocycles. The highest BCUT2D eigenvalue weighted by atomic mass is 32.2. The van der Waals surface area contributed by atoms with E-state index in [1.165, 1.54) is 31.1 Å². The molecule has 2 aromatic rings. The van der Waals surface area contributed by atoms with Gasteiger partial charge < -0.3 is 15.1 Å². The van der Waals surface area contributed by atoms with E-state index in [0.717, 1.165) is 57.0 Å². The van der Waals surface area contributed by atoms with Gasteiger partial charge in [0.25, 0.3) is 0 Å². The Balaban J connectivity index is 1.29. The van der Waals surface area contributed by atoms with Gasteiger partial charge in [-0.15, -0.1) is 0 Å². The predicted octanol–water partition coefficient (Wildman–Crippen LogP) is 4.12. The van der Waals surface area contributed by atoms with E-state index in [4.69, 9.17) is 0 Å². The van der Waals surface area contributed by atoms with Gasteiger partial charge in [0.15, 0.2) is 9.84 Å². The molecule has 0 spiro atoms. The number of piperidine rings is 2. The van der Waals surface area contributed by atoms with Crippen molar-refractivity contribution < 1.29 is 13.2 Å². The molecule has 2 saturated heterocycles. The van der Waals surface area contributed by atoms with Crippen molar-refractivity contribution in [2.45, 2.75) is 62.3 Å². The van der Waals surface area contributed by atoms with Crippen molar-refractivity contribution in [2.24, 2.45) is 5.92 Å². The molecule has 0 radical (unpaired) electrons. The minimum atomic E-state index is -3.23. The molecule has 0 saturated carbocycles. The summed E-state index contributed by atoms with van der Waals surface area (Å²) in [5.41, 5.74) is 2.34. The van der Waals surface area contributed by atoms with Gasteiger partial charge in [0.1, 0.15) is 0 Å². The maximum absolute atomic E-state index is 13.1. The second-order valence-electron chi connectivity index (χ2n) is 10.7. The van der Waals surface area contributed by atoms with Crippen LogP contribution in [0.15, 0.2) is 59.5 Å². The molecule has 4 rings (SSSR count). The van der Waals surface area contributed by atoms with Crippen LogP contribution in [0.2, 0.25) is 0 Å². The lowest BCUT2D eigenvalue weighted by Crippen LogP contribution is -2.48. The van der Waals surface area contributed by atoms with Gasteiger partial charge in [-0.3, -0.25) is 4.79 Å². The average Bonchev–Trinajstić information content (AvgIpc) is 2.91. The van der Waals surface area contributed by atoms with E-state index in [9.17, 15) is 13.2 Å². The standard InChI is InChI=1S/C30H43N3O3S/c1-3-33(30(34)23-24-9-11-28(12-10-24)37(2,35)36)27-15-20-32(21-16-27)22-17-29(25-7-5-4-6-8-25)26-13-18-31-19-14-26/h4-12,26-27,29,31H,3,13-23H2,1-2H3/t29-/m0/s1. The summed E-state index contributed by atoms with van der Waals surface area (Å²) in [6.45, 7) is 8.20. The molecule has 2 heterocycles. The van der Waals surface area contributed by atoms with Crippen LogP contribution in [0.5, 0.6) is 0 Å². The van der Waals surface area contributed by atoms with Crippen LogP contribution in [0.1, 0.15) is 56.1 Å². The molecular weight excluding hydrogens is 482 g/mol. The lowest BCUT2D eigenvalue weighted by atomic mass is 9.78.